The Hall–Kier alpha value is -1.51. The number of unbranched alkanes of at least 4 members (excludes halogenated alkanes) is 1. The second-order valence-electron chi connectivity index (χ2n) is 4.99. The van der Waals surface area contributed by atoms with Crippen molar-refractivity contribution >= 4 is 21.1 Å². The lowest BCUT2D eigenvalue weighted by Gasteiger charge is -2.16. The van der Waals surface area contributed by atoms with Crippen molar-refractivity contribution in [3.8, 4) is 0 Å². The Morgan fingerprint density at radius 1 is 1.48 bits per heavy atom. The number of nitrogens with two attached hydrogens (primary N) is 1. The topological polar surface area (TPSA) is 111 Å². The molecular weight excluding hydrogens is 292 g/mol. The molecule has 21 heavy (non-hydrogen) atoms. The van der Waals surface area contributed by atoms with Crippen molar-refractivity contribution in [1.29, 1.82) is 0 Å². The highest BCUT2D eigenvalue weighted by molar-refractivity contribution is 7.89. The van der Waals surface area contributed by atoms with Crippen molar-refractivity contribution < 1.29 is 12.9 Å². The highest BCUT2D eigenvalue weighted by atomic mass is 32.2. The highest BCUT2D eigenvalue weighted by Crippen LogP contribution is 2.19. The molecule has 116 valence electrons. The summed E-state index contributed by atoms with van der Waals surface area (Å²) in [4.78, 5) is 4.08. The maximum atomic E-state index is 12.4. The molecule has 0 fully saturated rings. The second kappa shape index (κ2) is 6.50. The van der Waals surface area contributed by atoms with Crippen LogP contribution in [0.5, 0.6) is 0 Å². The minimum absolute atomic E-state index is 0.0937. The van der Waals surface area contributed by atoms with E-state index in [1.165, 1.54) is 12.3 Å². The van der Waals surface area contributed by atoms with E-state index in [4.69, 9.17) is 10.3 Å². The van der Waals surface area contributed by atoms with E-state index in [1.807, 2.05) is 0 Å². The molecule has 0 aliphatic carbocycles. The van der Waals surface area contributed by atoms with Gasteiger partial charge >= 0.3 is 0 Å². The van der Waals surface area contributed by atoms with Gasteiger partial charge in [0.1, 0.15) is 4.90 Å². The number of hydrogen-bond donors (Lipinski definition) is 2. The number of fused-ring (bicyclic) bond motifs is 1. The summed E-state index contributed by atoms with van der Waals surface area (Å²) in [6.45, 7) is 4.05. The van der Waals surface area contributed by atoms with Crippen LogP contribution in [0.1, 0.15) is 31.9 Å². The fraction of sp³-hybridized carbons (Fsp3) is 0.538. The standard InChI is InChI=1S/C13H20N4O3S/c1-3-4-5-10(7-14)17-21(18,19)11-6-12-9(2)16-20-13(12)15-8-11/h6,8,10,17H,3-5,7,14H2,1-2H3/t10-/m1/s1. The zero-order chi connectivity index (χ0) is 15.5. The molecule has 0 radical (unpaired) electrons. The van der Waals surface area contributed by atoms with Crippen LogP contribution in [0.25, 0.3) is 11.1 Å². The fourth-order valence-electron chi connectivity index (χ4n) is 2.04. The summed E-state index contributed by atoms with van der Waals surface area (Å²) in [5.41, 5.74) is 6.56. The molecule has 2 aromatic heterocycles. The first-order valence-electron chi connectivity index (χ1n) is 6.92. The van der Waals surface area contributed by atoms with Crippen LogP contribution in [0.4, 0.5) is 0 Å². The van der Waals surface area contributed by atoms with Gasteiger partial charge in [0.25, 0.3) is 5.71 Å². The second-order valence-corrected chi connectivity index (χ2v) is 6.70. The van der Waals surface area contributed by atoms with Crippen molar-refractivity contribution in [2.24, 2.45) is 5.73 Å². The smallest absolute Gasteiger partial charge is 0.257 e. The quantitative estimate of drug-likeness (QED) is 0.797. The van der Waals surface area contributed by atoms with Crippen molar-refractivity contribution in [3.05, 3.63) is 18.0 Å². The van der Waals surface area contributed by atoms with Crippen molar-refractivity contribution in [2.75, 3.05) is 6.54 Å². The Balaban J connectivity index is 2.25. The molecule has 0 aliphatic rings. The number of nitrogens with zero attached hydrogens (tertiary/aromatic N) is 2. The molecule has 7 nitrogen and oxygen atoms in total. The molecule has 2 heterocycles. The Morgan fingerprint density at radius 2 is 2.24 bits per heavy atom. The third-order valence-electron chi connectivity index (χ3n) is 3.31. The number of sulfonamides is 1. The van der Waals surface area contributed by atoms with Gasteiger partial charge in [0, 0.05) is 12.6 Å². The highest BCUT2D eigenvalue weighted by Gasteiger charge is 2.21. The molecule has 0 saturated heterocycles. The van der Waals surface area contributed by atoms with Crippen molar-refractivity contribution in [2.45, 2.75) is 44.0 Å². The molecule has 0 saturated carbocycles. The summed E-state index contributed by atoms with van der Waals surface area (Å²) < 4.78 is 32.4. The van der Waals surface area contributed by atoms with E-state index in [0.717, 1.165) is 12.8 Å². The van der Waals surface area contributed by atoms with Gasteiger partial charge in [-0.05, 0) is 19.4 Å². The molecule has 0 aliphatic heterocycles. The molecule has 3 N–H and O–H groups in total. The van der Waals surface area contributed by atoms with Crippen LogP contribution >= 0.6 is 0 Å². The molecule has 2 aromatic rings. The molecule has 8 heteroatoms. The monoisotopic (exact) mass is 312 g/mol. The van der Waals surface area contributed by atoms with Crippen LogP contribution in [0.3, 0.4) is 0 Å². The van der Waals surface area contributed by atoms with E-state index in [2.05, 4.69) is 21.8 Å². The molecule has 1 atom stereocenters. The van der Waals surface area contributed by atoms with Gasteiger partial charge in [-0.2, -0.15) is 0 Å². The molecule has 0 unspecified atom stereocenters. The molecular formula is C13H20N4O3S. The van der Waals surface area contributed by atoms with Crippen molar-refractivity contribution in [1.82, 2.24) is 14.9 Å². The van der Waals surface area contributed by atoms with E-state index < -0.39 is 10.0 Å². The first-order chi connectivity index (χ1) is 9.97. The molecule has 2 rings (SSSR count). The Morgan fingerprint density at radius 3 is 2.90 bits per heavy atom. The van der Waals surface area contributed by atoms with Crippen LogP contribution in [-0.2, 0) is 10.0 Å². The number of aromatic nitrogens is 2. The van der Waals surface area contributed by atoms with Crippen LogP contribution in [0, 0.1) is 6.92 Å². The average Bonchev–Trinajstić information content (AvgIpc) is 2.84. The summed E-state index contributed by atoms with van der Waals surface area (Å²) in [7, 11) is -3.65. The van der Waals surface area contributed by atoms with Gasteiger partial charge < -0.3 is 10.3 Å². The summed E-state index contributed by atoms with van der Waals surface area (Å²) in [6.07, 6.45) is 3.90. The molecule has 0 amide bonds. The lowest BCUT2D eigenvalue weighted by atomic mass is 10.1. The first-order valence-corrected chi connectivity index (χ1v) is 8.40. The van der Waals surface area contributed by atoms with Gasteiger partial charge in [0.05, 0.1) is 17.3 Å². The normalized spacial score (nSPS) is 13.7. The minimum atomic E-state index is -3.65. The molecule has 0 aromatic carbocycles. The number of hydrogen-bond acceptors (Lipinski definition) is 6. The van der Waals surface area contributed by atoms with Gasteiger partial charge in [-0.3, -0.25) is 0 Å². The largest absolute Gasteiger partial charge is 0.336 e. The van der Waals surface area contributed by atoms with E-state index in [0.29, 0.717) is 23.2 Å². The van der Waals surface area contributed by atoms with Crippen LogP contribution < -0.4 is 10.5 Å². The lowest BCUT2D eigenvalue weighted by molar-refractivity contribution is 0.442. The minimum Gasteiger partial charge on any atom is -0.336 e. The Kier molecular flexibility index (Phi) is 4.92. The van der Waals surface area contributed by atoms with Crippen LogP contribution in [0.2, 0.25) is 0 Å². The van der Waals surface area contributed by atoms with E-state index >= 15 is 0 Å². The Labute approximate surface area is 124 Å². The number of aryl methyl sites for hydroxylation is 1. The van der Waals surface area contributed by atoms with Crippen LogP contribution in [-0.4, -0.2) is 31.1 Å². The summed E-state index contributed by atoms with van der Waals surface area (Å²) >= 11 is 0. The SMILES string of the molecule is CCCC[C@H](CN)NS(=O)(=O)c1cnc2onc(C)c2c1. The summed E-state index contributed by atoms with van der Waals surface area (Å²) in [6, 6.07) is 1.25. The van der Waals surface area contributed by atoms with E-state index in [-0.39, 0.29) is 17.5 Å². The lowest BCUT2D eigenvalue weighted by Crippen LogP contribution is -2.40. The predicted molar refractivity (Wildman–Crippen MR) is 79.2 cm³/mol. The average molecular weight is 312 g/mol. The van der Waals surface area contributed by atoms with Crippen LogP contribution in [0.15, 0.2) is 21.7 Å². The van der Waals surface area contributed by atoms with E-state index in [9.17, 15) is 8.42 Å². The zero-order valence-electron chi connectivity index (χ0n) is 12.2. The van der Waals surface area contributed by atoms with Gasteiger partial charge in [-0.25, -0.2) is 18.1 Å². The third-order valence-corrected chi connectivity index (χ3v) is 4.80. The predicted octanol–water partition coefficient (Wildman–Crippen LogP) is 1.33. The van der Waals surface area contributed by atoms with E-state index in [1.54, 1.807) is 6.92 Å². The summed E-state index contributed by atoms with van der Waals surface area (Å²) in [5.74, 6) is 0. The maximum Gasteiger partial charge on any atom is 0.257 e. The fourth-order valence-corrected chi connectivity index (χ4v) is 3.29. The number of pyridine rings is 1. The first kappa shape index (κ1) is 15.9. The zero-order valence-corrected chi connectivity index (χ0v) is 13.0. The third kappa shape index (κ3) is 3.58. The number of rotatable bonds is 7. The van der Waals surface area contributed by atoms with Gasteiger partial charge in [-0.1, -0.05) is 24.9 Å². The van der Waals surface area contributed by atoms with Gasteiger partial charge in [-0.15, -0.1) is 0 Å². The Bertz CT molecular complexity index is 711. The maximum absolute atomic E-state index is 12.4. The van der Waals surface area contributed by atoms with Gasteiger partial charge in [0.2, 0.25) is 10.0 Å². The summed E-state index contributed by atoms with van der Waals surface area (Å²) in [5, 5.41) is 4.36. The van der Waals surface area contributed by atoms with Crippen molar-refractivity contribution in [3.63, 3.8) is 0 Å². The molecule has 0 spiro atoms. The van der Waals surface area contributed by atoms with Gasteiger partial charge in [0.15, 0.2) is 0 Å². The molecule has 0 bridgehead atoms. The number of nitrogens with one attached hydrogen (secondary N) is 1.